The van der Waals surface area contributed by atoms with Crippen LogP contribution in [0.4, 0.5) is 0 Å². The van der Waals surface area contributed by atoms with Gasteiger partial charge in [0.1, 0.15) is 11.6 Å². The minimum atomic E-state index is -4.00. The van der Waals surface area contributed by atoms with Crippen molar-refractivity contribution in [3.8, 4) is 0 Å². The molecule has 0 saturated heterocycles. The topological polar surface area (TPSA) is 127 Å². The van der Waals surface area contributed by atoms with E-state index >= 15 is 0 Å². The van der Waals surface area contributed by atoms with Crippen molar-refractivity contribution in [3.05, 3.63) is 0 Å². The largest absolute Gasteiger partial charge is 0.300 e. The third-order valence-corrected chi connectivity index (χ3v) is 6.07. The number of hydrogen-bond acceptors (Lipinski definition) is 8. The first-order valence-corrected chi connectivity index (χ1v) is 11.9. The zero-order valence-corrected chi connectivity index (χ0v) is 18.9. The maximum absolute atomic E-state index is 12.1. The number of hydrogen-bond donors (Lipinski definition) is 2. The Morgan fingerprint density at radius 3 is 1.75 bits per heavy atom. The van der Waals surface area contributed by atoms with Crippen LogP contribution in [-0.2, 0) is 29.1 Å². The summed E-state index contributed by atoms with van der Waals surface area (Å²) in [6, 6.07) is 0. The molecular formula is C18H34O8S2. The molecule has 8 nitrogen and oxygen atoms in total. The maximum atomic E-state index is 12.1. The molecule has 0 bridgehead atoms. The van der Waals surface area contributed by atoms with Crippen LogP contribution in [0.1, 0.15) is 79.1 Å². The average Bonchev–Trinajstić information content (AvgIpc) is 2.58. The minimum absolute atomic E-state index is 0.00917. The number of ketones is 2. The Hall–Kier alpha value is -0.520. The van der Waals surface area contributed by atoms with E-state index in [0.717, 1.165) is 18.5 Å². The van der Waals surface area contributed by atoms with Gasteiger partial charge in [-0.3, -0.25) is 14.1 Å². The van der Waals surface area contributed by atoms with Gasteiger partial charge in [0.25, 0.3) is 10.1 Å². The van der Waals surface area contributed by atoms with E-state index in [2.05, 4.69) is 9.37 Å². The van der Waals surface area contributed by atoms with Crippen LogP contribution >= 0.6 is 12.0 Å². The van der Waals surface area contributed by atoms with Gasteiger partial charge < -0.3 is 0 Å². The summed E-state index contributed by atoms with van der Waals surface area (Å²) in [5.74, 6) is 0.341. The Morgan fingerprint density at radius 2 is 1.32 bits per heavy atom. The van der Waals surface area contributed by atoms with Crippen LogP contribution < -0.4 is 0 Å². The van der Waals surface area contributed by atoms with Crippen LogP contribution in [0, 0.1) is 10.8 Å². The van der Waals surface area contributed by atoms with Crippen molar-refractivity contribution in [3.63, 3.8) is 0 Å². The lowest BCUT2D eigenvalue weighted by Crippen LogP contribution is -2.19. The predicted molar refractivity (Wildman–Crippen MR) is 108 cm³/mol. The van der Waals surface area contributed by atoms with E-state index < -0.39 is 10.1 Å². The second-order valence-electron chi connectivity index (χ2n) is 8.66. The van der Waals surface area contributed by atoms with Gasteiger partial charge in [0, 0.05) is 43.5 Å². The van der Waals surface area contributed by atoms with Gasteiger partial charge in [0.2, 0.25) is 0 Å². The van der Waals surface area contributed by atoms with Gasteiger partial charge in [0.05, 0.1) is 5.75 Å². The standard InChI is InChI=1S/C18H34O8S2/c1-17(2,11-13-27-26-25-21)9-7-15(19)5-6-16(20)8-10-18(3,4)12-14-28(22,23)24/h21H,5-14H2,1-4H3,(H,22,23,24). The van der Waals surface area contributed by atoms with Crippen molar-refractivity contribution in [2.75, 3.05) is 11.5 Å². The molecule has 0 aromatic heterocycles. The molecule has 0 spiro atoms. The Labute approximate surface area is 172 Å². The molecule has 0 fully saturated rings. The summed E-state index contributed by atoms with van der Waals surface area (Å²) >= 11 is 0.992. The lowest BCUT2D eigenvalue weighted by Gasteiger charge is -2.24. The van der Waals surface area contributed by atoms with E-state index in [1.807, 2.05) is 27.7 Å². The molecule has 0 aliphatic rings. The molecule has 2 N–H and O–H groups in total. The van der Waals surface area contributed by atoms with Crippen LogP contribution in [0.5, 0.6) is 0 Å². The fourth-order valence-corrected chi connectivity index (χ4v) is 4.07. The van der Waals surface area contributed by atoms with Crippen molar-refractivity contribution in [2.45, 2.75) is 79.1 Å². The summed E-state index contributed by atoms with van der Waals surface area (Å²) in [4.78, 5) is 24.1. The molecule has 0 unspecified atom stereocenters. The molecule has 166 valence electrons. The number of carbonyl (C=O) groups is 2. The summed E-state index contributed by atoms with van der Waals surface area (Å²) < 4.78 is 34.8. The van der Waals surface area contributed by atoms with Crippen LogP contribution in [0.3, 0.4) is 0 Å². The smallest absolute Gasteiger partial charge is 0.264 e. The maximum Gasteiger partial charge on any atom is 0.264 e. The van der Waals surface area contributed by atoms with E-state index in [4.69, 9.17) is 9.81 Å². The molecule has 0 radical (unpaired) electrons. The predicted octanol–water partition coefficient (Wildman–Crippen LogP) is 4.26. The van der Waals surface area contributed by atoms with Crippen LogP contribution in [0.25, 0.3) is 0 Å². The molecule has 0 aliphatic carbocycles. The zero-order valence-electron chi connectivity index (χ0n) is 17.2. The van der Waals surface area contributed by atoms with Crippen molar-refractivity contribution < 1.29 is 37.2 Å². The Morgan fingerprint density at radius 1 is 0.857 bits per heavy atom. The molecule has 0 rings (SSSR count). The highest BCUT2D eigenvalue weighted by Gasteiger charge is 2.23. The van der Waals surface area contributed by atoms with Crippen molar-refractivity contribution in [1.29, 1.82) is 0 Å². The van der Waals surface area contributed by atoms with E-state index in [1.165, 1.54) is 0 Å². The second kappa shape index (κ2) is 12.9. The molecule has 10 heteroatoms. The molecule has 0 atom stereocenters. The van der Waals surface area contributed by atoms with E-state index in [1.54, 1.807) is 0 Å². The fourth-order valence-electron chi connectivity index (χ4n) is 2.51. The Balaban J connectivity index is 4.06. The van der Waals surface area contributed by atoms with Gasteiger partial charge in [-0.15, -0.1) is 4.33 Å². The molecule has 0 heterocycles. The number of carbonyl (C=O) groups excluding carboxylic acids is 2. The highest BCUT2D eigenvalue weighted by Crippen LogP contribution is 2.30. The Kier molecular flexibility index (Phi) is 12.7. The normalized spacial score (nSPS) is 12.9. The van der Waals surface area contributed by atoms with Gasteiger partial charge >= 0.3 is 0 Å². The number of rotatable bonds is 17. The summed E-state index contributed by atoms with van der Waals surface area (Å²) in [5.41, 5.74) is -0.440. The monoisotopic (exact) mass is 442 g/mol. The van der Waals surface area contributed by atoms with Gasteiger partial charge in [-0.25, -0.2) is 5.26 Å². The quantitative estimate of drug-likeness (QED) is 0.112. The molecule has 28 heavy (non-hydrogen) atoms. The highest BCUT2D eigenvalue weighted by atomic mass is 32.2. The first-order valence-electron chi connectivity index (χ1n) is 9.35. The van der Waals surface area contributed by atoms with Crippen molar-refractivity contribution >= 4 is 33.7 Å². The molecule has 0 aromatic rings. The highest BCUT2D eigenvalue weighted by molar-refractivity contribution is 7.94. The van der Waals surface area contributed by atoms with Gasteiger partial charge in [-0.1, -0.05) is 32.7 Å². The third-order valence-electron chi connectivity index (χ3n) is 4.82. The second-order valence-corrected chi connectivity index (χ2v) is 11.0. The van der Waals surface area contributed by atoms with E-state index in [-0.39, 0.29) is 47.4 Å². The average molecular weight is 443 g/mol. The van der Waals surface area contributed by atoms with Crippen LogP contribution in [0.2, 0.25) is 0 Å². The first kappa shape index (κ1) is 27.5. The molecule has 0 aliphatic heterocycles. The van der Waals surface area contributed by atoms with Crippen molar-refractivity contribution in [2.24, 2.45) is 10.8 Å². The lowest BCUT2D eigenvalue weighted by molar-refractivity contribution is -0.432. The summed E-state index contributed by atoms with van der Waals surface area (Å²) in [7, 11) is -4.00. The van der Waals surface area contributed by atoms with Crippen molar-refractivity contribution in [1.82, 2.24) is 0 Å². The molecule has 0 amide bonds. The van der Waals surface area contributed by atoms with Crippen LogP contribution in [-0.4, -0.2) is 41.3 Å². The lowest BCUT2D eigenvalue weighted by atomic mass is 9.83. The molecular weight excluding hydrogens is 408 g/mol. The van der Waals surface area contributed by atoms with Gasteiger partial charge in [-0.2, -0.15) is 8.42 Å². The summed E-state index contributed by atoms with van der Waals surface area (Å²) in [6.45, 7) is 7.80. The van der Waals surface area contributed by atoms with Gasteiger partial charge in [-0.05, 0) is 36.5 Å². The first-order chi connectivity index (χ1) is 12.8. The number of Topliss-reactive ketones (excluding diaryl/α,β-unsaturated/α-hetero) is 2. The fraction of sp³-hybridized carbons (Fsp3) is 0.889. The van der Waals surface area contributed by atoms with E-state index in [9.17, 15) is 18.0 Å². The van der Waals surface area contributed by atoms with Crippen LogP contribution in [0.15, 0.2) is 0 Å². The minimum Gasteiger partial charge on any atom is -0.300 e. The zero-order chi connectivity index (χ0) is 21.8. The molecule has 0 aromatic carbocycles. The SMILES string of the molecule is CC(C)(CCSOOO)CCC(=O)CCC(=O)CCC(C)(C)CCS(=O)(=O)O. The molecule has 0 saturated carbocycles. The summed E-state index contributed by atoms with van der Waals surface area (Å²) in [6.07, 6.45) is 3.39. The summed E-state index contributed by atoms with van der Waals surface area (Å²) in [5, 5.41) is 11.6. The third kappa shape index (κ3) is 16.4. The Bertz CT molecular complexity index is 584. The van der Waals surface area contributed by atoms with E-state index in [0.29, 0.717) is 31.4 Å². The van der Waals surface area contributed by atoms with Gasteiger partial charge in [0.15, 0.2) is 0 Å².